The lowest BCUT2D eigenvalue weighted by molar-refractivity contribution is -0.870. The number of carbonyl (C=O) groups excluding carboxylic acids is 2. The van der Waals surface area contributed by atoms with Crippen LogP contribution in [-0.4, -0.2) is 74.9 Å². The second kappa shape index (κ2) is 36.1. The number of hydrogen-bond acceptors (Lipinski definition) is 7. The number of phosphoric acid groups is 1. The summed E-state index contributed by atoms with van der Waals surface area (Å²) < 4.78 is 34.2. The number of likely N-dealkylation sites (N-methyl/N-ethyl adjacent to an activating group) is 1. The highest BCUT2D eigenvalue weighted by Gasteiger charge is 2.27. The number of nitrogens with zero attached hydrogens (tertiary/aromatic N) is 1. The van der Waals surface area contributed by atoms with Gasteiger partial charge in [0.15, 0.2) is 6.10 Å². The summed E-state index contributed by atoms with van der Waals surface area (Å²) in [5.41, 5.74) is 0. The van der Waals surface area contributed by atoms with Crippen LogP contribution >= 0.6 is 7.82 Å². The normalized spacial score (nSPS) is 13.8. The van der Waals surface area contributed by atoms with Gasteiger partial charge >= 0.3 is 19.8 Å². The molecule has 0 spiro atoms. The molecule has 0 aliphatic carbocycles. The molecule has 1 unspecified atom stereocenters. The first-order valence-corrected chi connectivity index (χ1v) is 23.1. The number of quaternary nitrogens is 1. The maximum absolute atomic E-state index is 12.7. The van der Waals surface area contributed by atoms with Crippen LogP contribution in [0, 0.1) is 0 Å². The smallest absolute Gasteiger partial charge is 0.462 e. The molecule has 0 aromatic carbocycles. The van der Waals surface area contributed by atoms with Gasteiger partial charge in [0.25, 0.3) is 0 Å². The van der Waals surface area contributed by atoms with Gasteiger partial charge in [-0.25, -0.2) is 4.57 Å². The monoisotopic (exact) mass is 773 g/mol. The van der Waals surface area contributed by atoms with E-state index in [1.54, 1.807) is 0 Å². The van der Waals surface area contributed by atoms with Crippen molar-refractivity contribution in [2.45, 2.75) is 193 Å². The Morgan fingerprint density at radius 1 is 0.566 bits per heavy atom. The van der Waals surface area contributed by atoms with Crippen LogP contribution in [0.4, 0.5) is 0 Å². The fraction of sp³-hybridized carbons (Fsp3) is 0.860. The van der Waals surface area contributed by atoms with Crippen LogP contribution in [0.15, 0.2) is 24.3 Å². The topological polar surface area (TPSA) is 108 Å². The number of unbranched alkanes of at least 4 members (excludes halogenated alkanes) is 21. The molecule has 0 bridgehead atoms. The zero-order valence-electron chi connectivity index (χ0n) is 35.0. The summed E-state index contributed by atoms with van der Waals surface area (Å²) in [6.45, 7) is 4.38. The van der Waals surface area contributed by atoms with Crippen molar-refractivity contribution in [3.05, 3.63) is 24.3 Å². The van der Waals surface area contributed by atoms with Crippen molar-refractivity contribution in [3.63, 3.8) is 0 Å². The van der Waals surface area contributed by atoms with E-state index in [4.69, 9.17) is 18.5 Å². The minimum atomic E-state index is -4.38. The van der Waals surface area contributed by atoms with E-state index in [1.165, 1.54) is 96.3 Å². The van der Waals surface area contributed by atoms with E-state index in [0.29, 0.717) is 17.4 Å². The minimum Gasteiger partial charge on any atom is -0.462 e. The molecule has 0 radical (unpaired) electrons. The standard InChI is InChI=1S/C43H82NO8P/c1-6-8-10-12-14-16-18-20-22-24-26-28-30-32-34-36-43(46)52-41(40-51-53(47,48)50-38-37-44(3,4)5)39-49-42(45)35-33-31-29-27-25-23-21-19-17-15-13-11-9-7-2/h19,21,26,28,41H,6-18,20,22-25,27,29-40H2,1-5H3/p+1/b21-19+,28-26+/t41-/m1/s1. The lowest BCUT2D eigenvalue weighted by atomic mass is 10.1. The molecule has 0 saturated heterocycles. The van der Waals surface area contributed by atoms with Gasteiger partial charge in [0, 0.05) is 12.8 Å². The molecular weight excluding hydrogens is 689 g/mol. The number of carbonyl (C=O) groups is 2. The molecule has 0 aromatic rings. The highest BCUT2D eigenvalue weighted by atomic mass is 31.2. The fourth-order valence-corrected chi connectivity index (χ4v) is 6.51. The van der Waals surface area contributed by atoms with Crippen molar-refractivity contribution >= 4 is 19.8 Å². The van der Waals surface area contributed by atoms with Crippen molar-refractivity contribution in [1.82, 2.24) is 0 Å². The number of rotatable bonds is 39. The minimum absolute atomic E-state index is 0.0280. The first-order valence-electron chi connectivity index (χ1n) is 21.6. The Bertz CT molecular complexity index is 964. The number of allylic oxidation sites excluding steroid dienone is 4. The van der Waals surface area contributed by atoms with Crippen molar-refractivity contribution in [2.24, 2.45) is 0 Å². The second-order valence-corrected chi connectivity index (χ2v) is 17.2. The molecule has 0 rings (SSSR count). The Morgan fingerprint density at radius 3 is 1.43 bits per heavy atom. The third-order valence-corrected chi connectivity index (χ3v) is 10.2. The van der Waals surface area contributed by atoms with Crippen LogP contribution in [0.3, 0.4) is 0 Å². The van der Waals surface area contributed by atoms with Crippen molar-refractivity contribution in [2.75, 3.05) is 47.5 Å². The van der Waals surface area contributed by atoms with Gasteiger partial charge in [-0.2, -0.15) is 0 Å². The molecule has 10 heteroatoms. The van der Waals surface area contributed by atoms with Gasteiger partial charge in [-0.05, 0) is 64.2 Å². The van der Waals surface area contributed by atoms with Crippen molar-refractivity contribution in [3.8, 4) is 0 Å². The highest BCUT2D eigenvalue weighted by Crippen LogP contribution is 2.43. The number of ether oxygens (including phenoxy) is 2. The summed E-state index contributed by atoms with van der Waals surface area (Å²) in [5.74, 6) is -0.831. The molecular formula is C43H83NO8P+. The molecule has 312 valence electrons. The molecule has 0 fully saturated rings. The van der Waals surface area contributed by atoms with E-state index in [9.17, 15) is 19.0 Å². The van der Waals surface area contributed by atoms with Gasteiger partial charge in [-0.1, -0.05) is 134 Å². The molecule has 9 nitrogen and oxygen atoms in total. The predicted octanol–water partition coefficient (Wildman–Crippen LogP) is 12.0. The molecule has 0 heterocycles. The molecule has 0 saturated carbocycles. The number of hydrogen-bond donors (Lipinski definition) is 1. The maximum atomic E-state index is 12.7. The zero-order chi connectivity index (χ0) is 39.3. The second-order valence-electron chi connectivity index (χ2n) is 15.7. The molecule has 53 heavy (non-hydrogen) atoms. The van der Waals surface area contributed by atoms with Crippen LogP contribution in [0.1, 0.15) is 187 Å². The summed E-state index contributed by atoms with van der Waals surface area (Å²) in [4.78, 5) is 35.3. The van der Waals surface area contributed by atoms with Crippen LogP contribution < -0.4 is 0 Å². The molecule has 0 aliphatic rings. The van der Waals surface area contributed by atoms with Crippen LogP contribution in [0.5, 0.6) is 0 Å². The summed E-state index contributed by atoms with van der Waals surface area (Å²) in [6, 6.07) is 0. The van der Waals surface area contributed by atoms with Gasteiger partial charge in [0.2, 0.25) is 0 Å². The molecule has 1 N–H and O–H groups in total. The fourth-order valence-electron chi connectivity index (χ4n) is 5.77. The Morgan fingerprint density at radius 2 is 0.962 bits per heavy atom. The summed E-state index contributed by atoms with van der Waals surface area (Å²) in [5, 5.41) is 0. The van der Waals surface area contributed by atoms with E-state index in [0.717, 1.165) is 57.8 Å². The summed E-state index contributed by atoms with van der Waals surface area (Å²) in [7, 11) is 1.46. The van der Waals surface area contributed by atoms with E-state index >= 15 is 0 Å². The Kier molecular flexibility index (Phi) is 35.1. The predicted molar refractivity (Wildman–Crippen MR) is 220 cm³/mol. The Hall–Kier alpha value is -1.51. The van der Waals surface area contributed by atoms with Crippen LogP contribution in [-0.2, 0) is 32.7 Å². The summed E-state index contributed by atoms with van der Waals surface area (Å²) in [6.07, 6.45) is 37.9. The van der Waals surface area contributed by atoms with Gasteiger partial charge in [0.1, 0.15) is 19.8 Å². The maximum Gasteiger partial charge on any atom is 0.472 e. The number of esters is 2. The highest BCUT2D eigenvalue weighted by molar-refractivity contribution is 7.47. The molecule has 0 amide bonds. The van der Waals surface area contributed by atoms with E-state index in [2.05, 4.69) is 38.2 Å². The first kappa shape index (κ1) is 51.5. The van der Waals surface area contributed by atoms with Gasteiger partial charge in [-0.15, -0.1) is 0 Å². The molecule has 0 aliphatic heterocycles. The van der Waals surface area contributed by atoms with E-state index in [-0.39, 0.29) is 32.0 Å². The largest absolute Gasteiger partial charge is 0.472 e. The van der Waals surface area contributed by atoms with Gasteiger partial charge in [0.05, 0.1) is 27.7 Å². The first-order chi connectivity index (χ1) is 25.5. The third-order valence-electron chi connectivity index (χ3n) is 9.20. The van der Waals surface area contributed by atoms with Crippen molar-refractivity contribution < 1.29 is 42.1 Å². The van der Waals surface area contributed by atoms with E-state index in [1.807, 2.05) is 21.1 Å². The Labute approximate surface area is 326 Å². The van der Waals surface area contributed by atoms with Gasteiger partial charge < -0.3 is 18.9 Å². The summed E-state index contributed by atoms with van der Waals surface area (Å²) >= 11 is 0. The quantitative estimate of drug-likeness (QED) is 0.0216. The SMILES string of the molecule is CCCCCCC/C=C/CCCCCCCC(=O)OC[C@H](COP(=O)(O)OCC[N+](C)(C)C)OC(=O)CCCC/C=C/CCCCCCCCCCC. The lowest BCUT2D eigenvalue weighted by Gasteiger charge is -2.24. The zero-order valence-corrected chi connectivity index (χ0v) is 35.9. The lowest BCUT2D eigenvalue weighted by Crippen LogP contribution is -2.37. The number of phosphoric ester groups is 1. The Balaban J connectivity index is 4.41. The van der Waals surface area contributed by atoms with E-state index < -0.39 is 26.5 Å². The van der Waals surface area contributed by atoms with Crippen molar-refractivity contribution in [1.29, 1.82) is 0 Å². The average molecular weight is 773 g/mol. The van der Waals surface area contributed by atoms with Crippen LogP contribution in [0.2, 0.25) is 0 Å². The third kappa shape index (κ3) is 40.0. The molecule has 0 aromatic heterocycles. The average Bonchev–Trinajstić information content (AvgIpc) is 3.10. The molecule has 2 atom stereocenters. The van der Waals surface area contributed by atoms with Crippen LogP contribution in [0.25, 0.3) is 0 Å². The van der Waals surface area contributed by atoms with Gasteiger partial charge in [-0.3, -0.25) is 18.6 Å².